The number of nitrogens with zero attached hydrogens (tertiary/aromatic N) is 1. The topological polar surface area (TPSA) is 53.1 Å². The van der Waals surface area contributed by atoms with E-state index in [1.807, 2.05) is 0 Å². The highest BCUT2D eigenvalue weighted by Crippen LogP contribution is 2.25. The molecule has 1 aliphatic rings. The van der Waals surface area contributed by atoms with E-state index in [1.165, 1.54) is 8.66 Å². The number of hydrogen-bond donors (Lipinski definition) is 2. The maximum atomic E-state index is 7.43. The van der Waals surface area contributed by atoms with Crippen LogP contribution in [0.5, 0.6) is 0 Å². The van der Waals surface area contributed by atoms with E-state index in [-0.39, 0.29) is 0 Å². The zero-order chi connectivity index (χ0) is 11.5. The van der Waals surface area contributed by atoms with Gasteiger partial charge in [0.2, 0.25) is 0 Å². The lowest BCUT2D eigenvalue weighted by molar-refractivity contribution is 0.203. The van der Waals surface area contributed by atoms with Crippen LogP contribution in [0.2, 0.25) is 0 Å². The van der Waals surface area contributed by atoms with Gasteiger partial charge in [0.05, 0.1) is 9.62 Å². The van der Waals surface area contributed by atoms with Gasteiger partial charge in [-0.15, -0.1) is 11.3 Å². The Hall–Kier alpha value is -0.390. The third-order valence-electron chi connectivity index (χ3n) is 3.04. The van der Waals surface area contributed by atoms with Crippen molar-refractivity contribution in [3.63, 3.8) is 0 Å². The molecule has 1 aliphatic heterocycles. The van der Waals surface area contributed by atoms with E-state index >= 15 is 0 Å². The molecule has 0 atom stereocenters. The first-order valence-electron chi connectivity index (χ1n) is 5.45. The minimum absolute atomic E-state index is 0.311. The third-order valence-corrected chi connectivity index (χ3v) is 4.64. The predicted octanol–water partition coefficient (Wildman–Crippen LogP) is 2.66. The smallest absolute Gasteiger partial charge is 0.0937 e. The standard InChI is InChI=1S/C11H16BrN3S/c12-10-2-1-9(16-10)7-15-5-3-8(4-6-15)11(13)14/h1-2,8H,3-7H2,(H3,13,14). The third kappa shape index (κ3) is 3.06. The molecule has 1 aromatic heterocycles. The summed E-state index contributed by atoms with van der Waals surface area (Å²) in [6.07, 6.45) is 2.06. The van der Waals surface area contributed by atoms with Crippen molar-refractivity contribution in [3.05, 3.63) is 20.8 Å². The second-order valence-corrected chi connectivity index (χ2v) is 6.76. The van der Waals surface area contributed by atoms with Crippen molar-refractivity contribution >= 4 is 33.1 Å². The molecule has 1 aromatic rings. The molecule has 0 unspecified atom stereocenters. The monoisotopic (exact) mass is 301 g/mol. The number of rotatable bonds is 3. The van der Waals surface area contributed by atoms with Gasteiger partial charge in [0.25, 0.3) is 0 Å². The molecule has 0 radical (unpaired) electrons. The quantitative estimate of drug-likeness (QED) is 0.666. The van der Waals surface area contributed by atoms with Crippen molar-refractivity contribution in [2.45, 2.75) is 19.4 Å². The first-order chi connectivity index (χ1) is 7.65. The van der Waals surface area contributed by atoms with Gasteiger partial charge in [-0.05, 0) is 54.0 Å². The lowest BCUT2D eigenvalue weighted by Gasteiger charge is -2.30. The Balaban J connectivity index is 1.83. The maximum absolute atomic E-state index is 7.43. The average Bonchev–Trinajstić information content (AvgIpc) is 2.65. The SMILES string of the molecule is N=C(N)C1CCN(Cc2ccc(Br)s2)CC1. The van der Waals surface area contributed by atoms with Crippen LogP contribution in [0.4, 0.5) is 0 Å². The molecule has 0 saturated carbocycles. The fourth-order valence-corrected chi connectivity index (χ4v) is 3.58. The Morgan fingerprint density at radius 2 is 2.19 bits per heavy atom. The van der Waals surface area contributed by atoms with Gasteiger partial charge in [-0.25, -0.2) is 0 Å². The average molecular weight is 302 g/mol. The molecule has 0 aliphatic carbocycles. The van der Waals surface area contributed by atoms with Crippen LogP contribution < -0.4 is 5.73 Å². The van der Waals surface area contributed by atoms with E-state index in [0.29, 0.717) is 11.8 Å². The lowest BCUT2D eigenvalue weighted by atomic mass is 9.96. The van der Waals surface area contributed by atoms with Crippen molar-refractivity contribution < 1.29 is 0 Å². The number of nitrogens with one attached hydrogen (secondary N) is 1. The Labute approximate surface area is 108 Å². The number of likely N-dealkylation sites (tertiary alicyclic amines) is 1. The fraction of sp³-hybridized carbons (Fsp3) is 0.545. The van der Waals surface area contributed by atoms with Crippen LogP contribution in [0.1, 0.15) is 17.7 Å². The van der Waals surface area contributed by atoms with Crippen LogP contribution in [-0.2, 0) is 6.54 Å². The minimum Gasteiger partial charge on any atom is -0.387 e. The molecule has 2 rings (SSSR count). The summed E-state index contributed by atoms with van der Waals surface area (Å²) in [5, 5.41) is 7.43. The van der Waals surface area contributed by atoms with Gasteiger partial charge in [0, 0.05) is 17.3 Å². The van der Waals surface area contributed by atoms with Crippen molar-refractivity contribution in [3.8, 4) is 0 Å². The molecule has 1 fully saturated rings. The summed E-state index contributed by atoms with van der Waals surface area (Å²) >= 11 is 5.28. The van der Waals surface area contributed by atoms with Crippen LogP contribution >= 0.6 is 27.3 Å². The number of nitrogens with two attached hydrogens (primary N) is 1. The summed E-state index contributed by atoms with van der Waals surface area (Å²) in [6, 6.07) is 4.27. The first kappa shape index (κ1) is 12.1. The first-order valence-corrected chi connectivity index (χ1v) is 7.06. The molecule has 3 nitrogen and oxygen atoms in total. The van der Waals surface area contributed by atoms with E-state index < -0.39 is 0 Å². The van der Waals surface area contributed by atoms with Crippen molar-refractivity contribution in [2.75, 3.05) is 13.1 Å². The van der Waals surface area contributed by atoms with Crippen LogP contribution in [0.3, 0.4) is 0 Å². The molecule has 3 N–H and O–H groups in total. The zero-order valence-corrected chi connectivity index (χ0v) is 11.5. The van der Waals surface area contributed by atoms with Crippen molar-refractivity contribution in [2.24, 2.45) is 11.7 Å². The predicted molar refractivity (Wildman–Crippen MR) is 71.9 cm³/mol. The number of halogens is 1. The highest BCUT2D eigenvalue weighted by Gasteiger charge is 2.21. The molecule has 0 bridgehead atoms. The molecule has 16 heavy (non-hydrogen) atoms. The summed E-state index contributed by atoms with van der Waals surface area (Å²) in [6.45, 7) is 3.14. The van der Waals surface area contributed by atoms with E-state index in [9.17, 15) is 0 Å². The van der Waals surface area contributed by atoms with Crippen molar-refractivity contribution in [1.29, 1.82) is 5.41 Å². The number of thiophene rings is 1. The Morgan fingerprint density at radius 3 is 2.69 bits per heavy atom. The fourth-order valence-electron chi connectivity index (χ4n) is 2.06. The Bertz CT molecular complexity index is 369. The van der Waals surface area contributed by atoms with Gasteiger partial charge in [-0.1, -0.05) is 0 Å². The molecular weight excluding hydrogens is 286 g/mol. The summed E-state index contributed by atoms with van der Waals surface area (Å²) in [5.74, 6) is 0.671. The second kappa shape index (κ2) is 5.29. The van der Waals surface area contributed by atoms with Gasteiger partial charge in [0.1, 0.15) is 0 Å². The molecule has 0 aromatic carbocycles. The van der Waals surface area contributed by atoms with Gasteiger partial charge in [0.15, 0.2) is 0 Å². The Morgan fingerprint density at radius 1 is 1.50 bits per heavy atom. The molecule has 5 heteroatoms. The number of piperidine rings is 1. The van der Waals surface area contributed by atoms with Crippen LogP contribution in [0, 0.1) is 11.3 Å². The number of amidine groups is 1. The van der Waals surface area contributed by atoms with Gasteiger partial charge in [-0.2, -0.15) is 0 Å². The molecular formula is C11H16BrN3S. The van der Waals surface area contributed by atoms with E-state index in [2.05, 4.69) is 33.0 Å². The minimum atomic E-state index is 0.311. The largest absolute Gasteiger partial charge is 0.387 e. The molecule has 1 saturated heterocycles. The second-order valence-electron chi connectivity index (χ2n) is 4.21. The Kier molecular flexibility index (Phi) is 4.00. The van der Waals surface area contributed by atoms with Gasteiger partial charge >= 0.3 is 0 Å². The molecule has 2 heterocycles. The molecule has 88 valence electrons. The summed E-state index contributed by atoms with van der Waals surface area (Å²) in [7, 11) is 0. The van der Waals surface area contributed by atoms with E-state index in [0.717, 1.165) is 32.5 Å². The van der Waals surface area contributed by atoms with Crippen LogP contribution in [0.15, 0.2) is 15.9 Å². The van der Waals surface area contributed by atoms with Crippen LogP contribution in [-0.4, -0.2) is 23.8 Å². The maximum Gasteiger partial charge on any atom is 0.0937 e. The molecule has 0 amide bonds. The summed E-state index contributed by atoms with van der Waals surface area (Å²) in [4.78, 5) is 3.84. The normalized spacial score (nSPS) is 18.8. The van der Waals surface area contributed by atoms with Crippen LogP contribution in [0.25, 0.3) is 0 Å². The van der Waals surface area contributed by atoms with Crippen molar-refractivity contribution in [1.82, 2.24) is 4.90 Å². The van der Waals surface area contributed by atoms with Gasteiger partial charge < -0.3 is 5.73 Å². The van der Waals surface area contributed by atoms with E-state index in [1.54, 1.807) is 11.3 Å². The van der Waals surface area contributed by atoms with Gasteiger partial charge in [-0.3, -0.25) is 10.3 Å². The van der Waals surface area contributed by atoms with E-state index in [4.69, 9.17) is 11.1 Å². The zero-order valence-electron chi connectivity index (χ0n) is 9.08. The number of hydrogen-bond acceptors (Lipinski definition) is 3. The summed E-state index contributed by atoms with van der Waals surface area (Å²) < 4.78 is 1.20. The summed E-state index contributed by atoms with van der Waals surface area (Å²) in [5.41, 5.74) is 5.53. The molecule has 0 spiro atoms. The highest BCUT2D eigenvalue weighted by atomic mass is 79.9. The highest BCUT2D eigenvalue weighted by molar-refractivity contribution is 9.11. The lowest BCUT2D eigenvalue weighted by Crippen LogP contribution is -2.37.